The minimum Gasteiger partial charge on any atom is -0.441 e. The molecule has 1 aromatic carbocycles. The maximum Gasteiger partial charge on any atom is 0.220 e. The third-order valence-electron chi connectivity index (χ3n) is 3.15. The van der Waals surface area contributed by atoms with Gasteiger partial charge in [0.1, 0.15) is 0 Å². The van der Waals surface area contributed by atoms with Gasteiger partial charge in [0, 0.05) is 31.1 Å². The molecular formula is C16H20N2O3. The highest BCUT2D eigenvalue weighted by molar-refractivity contribution is 5.76. The average Bonchev–Trinajstić information content (AvgIpc) is 2.95. The number of aliphatic hydroxyl groups is 1. The molecule has 1 aromatic heterocycles. The summed E-state index contributed by atoms with van der Waals surface area (Å²) in [6, 6.07) is 9.70. The summed E-state index contributed by atoms with van der Waals surface area (Å²) >= 11 is 0. The number of nitrogens with zero attached hydrogens (tertiary/aromatic N) is 1. The van der Waals surface area contributed by atoms with E-state index < -0.39 is 0 Å². The maximum absolute atomic E-state index is 11.7. The molecule has 0 aliphatic carbocycles. The van der Waals surface area contributed by atoms with Crippen LogP contribution in [0.3, 0.4) is 0 Å². The van der Waals surface area contributed by atoms with E-state index in [1.54, 1.807) is 6.20 Å². The Morgan fingerprint density at radius 3 is 2.86 bits per heavy atom. The van der Waals surface area contributed by atoms with Crippen molar-refractivity contribution in [1.29, 1.82) is 0 Å². The van der Waals surface area contributed by atoms with Crippen molar-refractivity contribution in [3.05, 3.63) is 42.4 Å². The Kier molecular flexibility index (Phi) is 5.51. The van der Waals surface area contributed by atoms with Crippen molar-refractivity contribution in [3.63, 3.8) is 0 Å². The van der Waals surface area contributed by atoms with Gasteiger partial charge >= 0.3 is 0 Å². The minimum atomic E-state index is -0.0598. The smallest absolute Gasteiger partial charge is 0.220 e. The van der Waals surface area contributed by atoms with E-state index in [9.17, 15) is 4.79 Å². The molecule has 0 spiro atoms. The lowest BCUT2D eigenvalue weighted by Gasteiger charge is -2.11. The molecule has 112 valence electrons. The van der Waals surface area contributed by atoms with Gasteiger partial charge < -0.3 is 14.8 Å². The predicted octanol–water partition coefficient (Wildman–Crippen LogP) is 2.16. The highest BCUT2D eigenvalue weighted by Gasteiger charge is 2.10. The Morgan fingerprint density at radius 1 is 1.38 bits per heavy atom. The summed E-state index contributed by atoms with van der Waals surface area (Å²) < 4.78 is 5.64. The van der Waals surface area contributed by atoms with Gasteiger partial charge in [0.25, 0.3) is 0 Å². The standard InChI is InChI=1S/C16H20N2O3/c1-12(9-10-19)18-15(20)7-8-16-17-11-14(21-16)13-5-3-2-4-6-13/h2-6,11-12,19H,7-10H2,1H3,(H,18,20)/t12-/m1/s1. The Morgan fingerprint density at radius 2 is 2.14 bits per heavy atom. The summed E-state index contributed by atoms with van der Waals surface area (Å²) in [6.45, 7) is 1.94. The topological polar surface area (TPSA) is 75.4 Å². The molecule has 1 atom stereocenters. The number of rotatable bonds is 7. The number of hydrogen-bond acceptors (Lipinski definition) is 4. The largest absolute Gasteiger partial charge is 0.441 e. The van der Waals surface area contributed by atoms with E-state index >= 15 is 0 Å². The molecule has 1 heterocycles. The molecule has 0 fully saturated rings. The fourth-order valence-electron chi connectivity index (χ4n) is 1.99. The fourth-order valence-corrected chi connectivity index (χ4v) is 1.99. The number of nitrogens with one attached hydrogen (secondary N) is 1. The first-order valence-electron chi connectivity index (χ1n) is 7.09. The molecule has 21 heavy (non-hydrogen) atoms. The van der Waals surface area contributed by atoms with Gasteiger partial charge in [-0.3, -0.25) is 4.79 Å². The number of carbonyl (C=O) groups excluding carboxylic acids is 1. The van der Waals surface area contributed by atoms with Crippen LogP contribution < -0.4 is 5.32 Å². The van der Waals surface area contributed by atoms with Gasteiger partial charge in [0.05, 0.1) is 6.20 Å². The predicted molar refractivity (Wildman–Crippen MR) is 79.6 cm³/mol. The Labute approximate surface area is 124 Å². The van der Waals surface area contributed by atoms with Gasteiger partial charge in [0.2, 0.25) is 5.91 Å². The molecule has 0 aliphatic heterocycles. The van der Waals surface area contributed by atoms with E-state index in [-0.39, 0.29) is 18.6 Å². The van der Waals surface area contributed by atoms with Crippen LogP contribution in [0.25, 0.3) is 11.3 Å². The second-order valence-corrected chi connectivity index (χ2v) is 4.97. The number of carbonyl (C=O) groups is 1. The van der Waals surface area contributed by atoms with Crippen LogP contribution in [0.1, 0.15) is 25.7 Å². The number of benzene rings is 1. The van der Waals surface area contributed by atoms with E-state index in [1.807, 2.05) is 37.3 Å². The van der Waals surface area contributed by atoms with Gasteiger partial charge in [-0.2, -0.15) is 0 Å². The molecule has 2 N–H and O–H groups in total. The summed E-state index contributed by atoms with van der Waals surface area (Å²) in [5, 5.41) is 11.6. The highest BCUT2D eigenvalue weighted by Crippen LogP contribution is 2.20. The Bertz CT molecular complexity index is 566. The molecule has 0 saturated carbocycles. The summed E-state index contributed by atoms with van der Waals surface area (Å²) in [5.74, 6) is 1.20. The van der Waals surface area contributed by atoms with E-state index in [1.165, 1.54) is 0 Å². The van der Waals surface area contributed by atoms with Gasteiger partial charge in [-0.1, -0.05) is 30.3 Å². The first-order valence-corrected chi connectivity index (χ1v) is 7.09. The van der Waals surface area contributed by atoms with Crippen LogP contribution in [0.2, 0.25) is 0 Å². The van der Waals surface area contributed by atoms with Gasteiger partial charge in [-0.15, -0.1) is 0 Å². The number of aryl methyl sites for hydroxylation is 1. The lowest BCUT2D eigenvalue weighted by atomic mass is 10.2. The first kappa shape index (κ1) is 15.3. The lowest BCUT2D eigenvalue weighted by Crippen LogP contribution is -2.33. The van der Waals surface area contributed by atoms with Crippen molar-refractivity contribution in [3.8, 4) is 11.3 Å². The molecule has 2 rings (SSSR count). The number of aromatic nitrogens is 1. The molecule has 1 amide bonds. The normalized spacial score (nSPS) is 12.1. The van der Waals surface area contributed by atoms with Crippen molar-refractivity contribution in [2.45, 2.75) is 32.2 Å². The highest BCUT2D eigenvalue weighted by atomic mass is 16.4. The van der Waals surface area contributed by atoms with E-state index in [4.69, 9.17) is 9.52 Å². The quantitative estimate of drug-likeness (QED) is 0.818. The first-order chi connectivity index (χ1) is 10.2. The zero-order chi connectivity index (χ0) is 15.1. The van der Waals surface area contributed by atoms with E-state index in [0.29, 0.717) is 30.9 Å². The number of oxazole rings is 1. The third-order valence-corrected chi connectivity index (χ3v) is 3.15. The molecule has 0 radical (unpaired) electrons. The van der Waals surface area contributed by atoms with Crippen LogP contribution in [0, 0.1) is 0 Å². The van der Waals surface area contributed by atoms with Crippen molar-refractivity contribution >= 4 is 5.91 Å². The molecule has 5 nitrogen and oxygen atoms in total. The molecule has 0 aliphatic rings. The SMILES string of the molecule is C[C@H](CCO)NC(=O)CCc1ncc(-c2ccccc2)o1. The zero-order valence-electron chi connectivity index (χ0n) is 12.1. The molecule has 0 unspecified atom stereocenters. The maximum atomic E-state index is 11.7. The molecule has 0 bridgehead atoms. The molecule has 2 aromatic rings. The van der Waals surface area contributed by atoms with Crippen LogP contribution in [0.4, 0.5) is 0 Å². The number of amides is 1. The molecule has 5 heteroatoms. The summed E-state index contributed by atoms with van der Waals surface area (Å²) in [7, 11) is 0. The summed E-state index contributed by atoms with van der Waals surface area (Å²) in [4.78, 5) is 15.9. The third kappa shape index (κ3) is 4.72. The average molecular weight is 288 g/mol. The van der Waals surface area contributed by atoms with E-state index in [0.717, 1.165) is 5.56 Å². The van der Waals surface area contributed by atoms with Crippen molar-refractivity contribution in [1.82, 2.24) is 10.3 Å². The molecular weight excluding hydrogens is 268 g/mol. The second-order valence-electron chi connectivity index (χ2n) is 4.97. The van der Waals surface area contributed by atoms with Gasteiger partial charge in [-0.25, -0.2) is 4.98 Å². The van der Waals surface area contributed by atoms with E-state index in [2.05, 4.69) is 10.3 Å². The van der Waals surface area contributed by atoms with Crippen molar-refractivity contribution in [2.24, 2.45) is 0 Å². The summed E-state index contributed by atoms with van der Waals surface area (Å²) in [6.07, 6.45) is 3.02. The minimum absolute atomic E-state index is 0.0214. The number of aliphatic hydroxyl groups excluding tert-OH is 1. The Hall–Kier alpha value is -2.14. The second kappa shape index (κ2) is 7.59. The van der Waals surface area contributed by atoms with Gasteiger partial charge in [-0.05, 0) is 13.3 Å². The van der Waals surface area contributed by atoms with Crippen LogP contribution in [-0.2, 0) is 11.2 Å². The lowest BCUT2D eigenvalue weighted by molar-refractivity contribution is -0.121. The number of hydrogen-bond donors (Lipinski definition) is 2. The van der Waals surface area contributed by atoms with Crippen molar-refractivity contribution in [2.75, 3.05) is 6.61 Å². The summed E-state index contributed by atoms with van der Waals surface area (Å²) in [5.41, 5.74) is 0.970. The monoisotopic (exact) mass is 288 g/mol. The fraction of sp³-hybridized carbons (Fsp3) is 0.375. The van der Waals surface area contributed by atoms with Crippen LogP contribution in [0.15, 0.2) is 40.9 Å². The van der Waals surface area contributed by atoms with Gasteiger partial charge in [0.15, 0.2) is 11.7 Å². The molecule has 0 saturated heterocycles. The van der Waals surface area contributed by atoms with Crippen LogP contribution in [0.5, 0.6) is 0 Å². The Balaban J connectivity index is 1.84. The van der Waals surface area contributed by atoms with Crippen molar-refractivity contribution < 1.29 is 14.3 Å². The zero-order valence-corrected chi connectivity index (χ0v) is 12.1. The van der Waals surface area contributed by atoms with Crippen LogP contribution >= 0.6 is 0 Å². The van der Waals surface area contributed by atoms with Crippen LogP contribution in [-0.4, -0.2) is 28.6 Å².